The number of carbonyl (C=O) groups excluding carboxylic acids is 2. The van der Waals surface area contributed by atoms with Gasteiger partial charge in [-0.05, 0) is 81.1 Å². The lowest BCUT2D eigenvalue weighted by Gasteiger charge is -2.15. The van der Waals surface area contributed by atoms with E-state index in [2.05, 4.69) is 10.5 Å². The fourth-order valence-electron chi connectivity index (χ4n) is 4.46. The summed E-state index contributed by atoms with van der Waals surface area (Å²) in [5.41, 5.74) is 3.02. The van der Waals surface area contributed by atoms with Crippen molar-refractivity contribution in [1.29, 1.82) is 0 Å². The number of aryl methyl sites for hydroxylation is 1. The summed E-state index contributed by atoms with van der Waals surface area (Å²) in [6.07, 6.45) is 0.586. The molecule has 1 saturated carbocycles. The highest BCUT2D eigenvalue weighted by atomic mass is 16.6. The number of hydrogen-bond acceptors (Lipinski definition) is 7. The summed E-state index contributed by atoms with van der Waals surface area (Å²) >= 11 is 0. The van der Waals surface area contributed by atoms with E-state index in [1.54, 1.807) is 6.92 Å². The molecule has 1 heterocycles. The zero-order chi connectivity index (χ0) is 27.4. The van der Waals surface area contributed by atoms with E-state index in [0.29, 0.717) is 35.2 Å². The second-order valence-corrected chi connectivity index (χ2v) is 9.51. The third-order valence-electron chi connectivity index (χ3n) is 6.82. The van der Waals surface area contributed by atoms with Gasteiger partial charge in [-0.15, -0.1) is 0 Å². The van der Waals surface area contributed by atoms with Gasteiger partial charge in [0.1, 0.15) is 29.0 Å². The van der Waals surface area contributed by atoms with Crippen LogP contribution in [0.2, 0.25) is 0 Å². The highest BCUT2D eigenvalue weighted by molar-refractivity contribution is 5.91. The van der Waals surface area contributed by atoms with E-state index in [1.165, 1.54) is 0 Å². The molecule has 39 heavy (non-hydrogen) atoms. The second kappa shape index (κ2) is 11.0. The van der Waals surface area contributed by atoms with Gasteiger partial charge in [-0.2, -0.15) is 0 Å². The van der Waals surface area contributed by atoms with Crippen molar-refractivity contribution in [3.63, 3.8) is 0 Å². The fourth-order valence-corrected chi connectivity index (χ4v) is 4.46. The molecule has 1 atom stereocenters. The number of nitrogens with zero attached hydrogens (tertiary/aromatic N) is 1. The molecule has 1 amide bonds. The van der Waals surface area contributed by atoms with Crippen LogP contribution in [-0.4, -0.2) is 23.8 Å². The summed E-state index contributed by atoms with van der Waals surface area (Å²) in [6, 6.07) is 24.3. The number of anilines is 1. The Kier molecular flexibility index (Phi) is 7.36. The van der Waals surface area contributed by atoms with E-state index >= 15 is 0 Å². The Hall–Kier alpha value is -4.59. The lowest BCUT2D eigenvalue weighted by Crippen LogP contribution is -2.23. The average molecular weight is 527 g/mol. The zero-order valence-corrected chi connectivity index (χ0v) is 22.1. The lowest BCUT2D eigenvalue weighted by molar-refractivity contribution is -0.146. The summed E-state index contributed by atoms with van der Waals surface area (Å²) in [5.74, 6) is 1.53. The highest BCUT2D eigenvalue weighted by Crippen LogP contribution is 2.49. The Balaban J connectivity index is 1.23. The van der Waals surface area contributed by atoms with Crippen LogP contribution in [0.15, 0.2) is 83.4 Å². The average Bonchev–Trinajstić information content (AvgIpc) is 3.69. The standard InChI is InChI=1S/C31H30N2O6/c1-4-36-29(34)31(18-19-31)24-12-16-26(17-13-24)38-25-14-10-23(11-15-25)28-27(20(2)33-39-28)32-30(35)37-21(3)22-8-6-5-7-9-22/h5-17,21H,4,18-19H2,1-3H3,(H,32,35). The molecule has 8 heteroatoms. The van der Waals surface area contributed by atoms with Crippen LogP contribution in [0.1, 0.15) is 49.6 Å². The first kappa shape index (κ1) is 26.0. The third-order valence-corrected chi connectivity index (χ3v) is 6.82. The van der Waals surface area contributed by atoms with Crippen molar-refractivity contribution in [3.05, 3.63) is 95.7 Å². The van der Waals surface area contributed by atoms with Crippen LogP contribution in [-0.2, 0) is 19.7 Å². The van der Waals surface area contributed by atoms with Gasteiger partial charge in [0.05, 0.1) is 12.0 Å². The molecule has 0 spiro atoms. The second-order valence-electron chi connectivity index (χ2n) is 9.51. The zero-order valence-electron chi connectivity index (χ0n) is 22.1. The molecule has 5 rings (SSSR count). The number of amides is 1. The van der Waals surface area contributed by atoms with Crippen LogP contribution in [0.5, 0.6) is 11.5 Å². The number of esters is 1. The van der Waals surface area contributed by atoms with E-state index in [4.69, 9.17) is 18.7 Å². The molecule has 1 aromatic heterocycles. The van der Waals surface area contributed by atoms with Gasteiger partial charge in [-0.1, -0.05) is 47.6 Å². The van der Waals surface area contributed by atoms with Gasteiger partial charge in [0.2, 0.25) is 0 Å². The van der Waals surface area contributed by atoms with Crippen LogP contribution >= 0.6 is 0 Å². The van der Waals surface area contributed by atoms with Crippen molar-refractivity contribution in [2.24, 2.45) is 0 Å². The van der Waals surface area contributed by atoms with Crippen LogP contribution < -0.4 is 10.1 Å². The Bertz CT molecular complexity index is 1440. The highest BCUT2D eigenvalue weighted by Gasteiger charge is 2.52. The van der Waals surface area contributed by atoms with E-state index in [-0.39, 0.29) is 5.97 Å². The number of benzene rings is 3. The fraction of sp³-hybridized carbons (Fsp3) is 0.258. The van der Waals surface area contributed by atoms with Gasteiger partial charge in [0.25, 0.3) is 0 Å². The number of hydrogen-bond donors (Lipinski definition) is 1. The summed E-state index contributed by atoms with van der Waals surface area (Å²) < 4.78 is 22.3. The van der Waals surface area contributed by atoms with E-state index in [9.17, 15) is 9.59 Å². The largest absolute Gasteiger partial charge is 0.465 e. The number of aromatic nitrogens is 1. The molecule has 1 aliphatic carbocycles. The molecule has 0 bridgehead atoms. The van der Waals surface area contributed by atoms with Crippen molar-refractivity contribution >= 4 is 17.7 Å². The maximum Gasteiger partial charge on any atom is 0.412 e. The summed E-state index contributed by atoms with van der Waals surface area (Å²) in [6.45, 7) is 5.75. The van der Waals surface area contributed by atoms with Gasteiger partial charge >= 0.3 is 12.1 Å². The number of nitrogens with one attached hydrogen (secondary N) is 1. The van der Waals surface area contributed by atoms with Crippen molar-refractivity contribution in [1.82, 2.24) is 5.16 Å². The van der Waals surface area contributed by atoms with Gasteiger partial charge in [0.15, 0.2) is 5.76 Å². The molecule has 1 unspecified atom stereocenters. The minimum Gasteiger partial charge on any atom is -0.465 e. The first-order valence-electron chi connectivity index (χ1n) is 12.9. The van der Waals surface area contributed by atoms with Crippen molar-refractivity contribution < 1.29 is 28.3 Å². The van der Waals surface area contributed by atoms with E-state index in [0.717, 1.165) is 29.5 Å². The molecule has 0 saturated heterocycles. The Morgan fingerprint density at radius 3 is 2.23 bits per heavy atom. The normalized spacial score (nSPS) is 14.2. The van der Waals surface area contributed by atoms with Gasteiger partial charge in [-0.25, -0.2) is 4.79 Å². The monoisotopic (exact) mass is 526 g/mol. The predicted octanol–water partition coefficient (Wildman–Crippen LogP) is 7.35. The number of rotatable bonds is 9. The van der Waals surface area contributed by atoms with Crippen LogP contribution in [0, 0.1) is 6.92 Å². The quantitative estimate of drug-likeness (QED) is 0.228. The topological polar surface area (TPSA) is 99.9 Å². The van der Waals surface area contributed by atoms with Crippen LogP contribution in [0.4, 0.5) is 10.5 Å². The smallest absolute Gasteiger partial charge is 0.412 e. The number of ether oxygens (including phenoxy) is 3. The minimum atomic E-state index is -0.599. The first-order chi connectivity index (χ1) is 18.9. The Morgan fingerprint density at radius 1 is 0.974 bits per heavy atom. The van der Waals surface area contributed by atoms with Gasteiger partial charge in [-0.3, -0.25) is 10.1 Å². The van der Waals surface area contributed by atoms with E-state index in [1.807, 2.05) is 92.7 Å². The Morgan fingerprint density at radius 2 is 1.62 bits per heavy atom. The molecule has 0 aliphatic heterocycles. The van der Waals surface area contributed by atoms with Crippen molar-refractivity contribution in [2.45, 2.75) is 45.1 Å². The molecule has 8 nitrogen and oxygen atoms in total. The maximum atomic E-state index is 12.6. The molecular formula is C31H30N2O6. The predicted molar refractivity (Wildman–Crippen MR) is 146 cm³/mol. The molecule has 1 fully saturated rings. The molecule has 0 radical (unpaired) electrons. The number of carbonyl (C=O) groups is 2. The third kappa shape index (κ3) is 5.65. The minimum absolute atomic E-state index is 0.162. The summed E-state index contributed by atoms with van der Waals surface area (Å²) in [5, 5.41) is 6.79. The van der Waals surface area contributed by atoms with Crippen molar-refractivity contribution in [2.75, 3.05) is 11.9 Å². The Labute approximate surface area is 226 Å². The molecule has 4 aromatic rings. The molecule has 200 valence electrons. The summed E-state index contributed by atoms with van der Waals surface area (Å²) in [7, 11) is 0. The molecular weight excluding hydrogens is 496 g/mol. The molecule has 1 N–H and O–H groups in total. The summed E-state index contributed by atoms with van der Waals surface area (Å²) in [4.78, 5) is 24.9. The van der Waals surface area contributed by atoms with Crippen LogP contribution in [0.25, 0.3) is 11.3 Å². The first-order valence-corrected chi connectivity index (χ1v) is 12.9. The van der Waals surface area contributed by atoms with Crippen molar-refractivity contribution in [3.8, 4) is 22.8 Å². The SMILES string of the molecule is CCOC(=O)C1(c2ccc(Oc3ccc(-c4onc(C)c4NC(=O)OC(C)c4ccccc4)cc3)cc2)CC1. The van der Waals surface area contributed by atoms with Gasteiger partial charge in [0, 0.05) is 5.56 Å². The molecule has 1 aliphatic rings. The lowest BCUT2D eigenvalue weighted by atomic mass is 9.96. The van der Waals surface area contributed by atoms with E-state index < -0.39 is 17.6 Å². The molecule has 3 aromatic carbocycles. The van der Waals surface area contributed by atoms with Gasteiger partial charge < -0.3 is 18.7 Å². The maximum absolute atomic E-state index is 12.6. The van der Waals surface area contributed by atoms with Crippen LogP contribution in [0.3, 0.4) is 0 Å².